The van der Waals surface area contributed by atoms with Crippen LogP contribution in [-0.2, 0) is 5.41 Å². The first-order valence-corrected chi connectivity index (χ1v) is 23.2. The fourth-order valence-electron chi connectivity index (χ4n) is 11.4. The molecule has 67 heavy (non-hydrogen) atoms. The molecule has 0 N–H and O–H groups in total. The normalized spacial score (nSPS) is 13.0. The van der Waals surface area contributed by atoms with Gasteiger partial charge in [0, 0.05) is 66.2 Å². The topological polar surface area (TPSA) is 26.2 Å². The van der Waals surface area contributed by atoms with Crippen molar-refractivity contribution >= 4 is 82.6 Å². The molecule has 10 aromatic carbocycles. The summed E-state index contributed by atoms with van der Waals surface area (Å²) in [5.74, 6) is 0. The minimum atomic E-state index is -0.0879. The van der Waals surface area contributed by atoms with Gasteiger partial charge in [-0.05, 0) is 118 Å². The molecule has 0 atom stereocenters. The van der Waals surface area contributed by atoms with Crippen LogP contribution in [0.5, 0.6) is 0 Å². The van der Waals surface area contributed by atoms with E-state index in [0.717, 1.165) is 83.6 Å². The Kier molecular flexibility index (Phi) is 8.00. The third kappa shape index (κ3) is 5.47. The van der Waals surface area contributed by atoms with Crippen LogP contribution in [0.15, 0.2) is 229 Å². The van der Waals surface area contributed by atoms with Crippen molar-refractivity contribution in [2.75, 3.05) is 4.90 Å². The molecule has 0 radical (unpaired) electrons. The Balaban J connectivity index is 0.878. The van der Waals surface area contributed by atoms with Crippen LogP contribution in [0.1, 0.15) is 25.0 Å². The van der Waals surface area contributed by atoms with Crippen LogP contribution in [0.2, 0.25) is 0 Å². The van der Waals surface area contributed by atoms with Gasteiger partial charge in [-0.15, -0.1) is 0 Å². The standard InChI is InChI=1S/C63H43N3O/c1-63(2)55-22-12-9-19-47(55)48-34-33-46(39-56(48)63)64(42-15-5-3-6-16-42)44-29-25-40(26-30-44)41-27-31-45(32-28-41)66-58-24-14-11-21-50(58)52-36-38-54-53-37-35-51-49-20-10-13-23-57(49)65(43-17-7-4-8-18-43)59(51)61(53)67-62(54)60(52)66/h3-39H,1-2H3. The summed E-state index contributed by atoms with van der Waals surface area (Å²) in [6.07, 6.45) is 0. The molecular formula is C63H43N3O. The third-order valence-electron chi connectivity index (χ3n) is 14.5. The van der Waals surface area contributed by atoms with Gasteiger partial charge in [0.05, 0.1) is 22.1 Å². The van der Waals surface area contributed by atoms with E-state index < -0.39 is 0 Å². The maximum Gasteiger partial charge on any atom is 0.160 e. The van der Waals surface area contributed by atoms with Crippen LogP contribution < -0.4 is 4.90 Å². The number of rotatable bonds is 6. The predicted octanol–water partition coefficient (Wildman–Crippen LogP) is 17.2. The smallest absolute Gasteiger partial charge is 0.160 e. The lowest BCUT2D eigenvalue weighted by atomic mass is 9.82. The molecule has 0 amide bonds. The molecule has 3 aromatic heterocycles. The molecule has 1 aliphatic rings. The highest BCUT2D eigenvalue weighted by Crippen LogP contribution is 2.51. The van der Waals surface area contributed by atoms with E-state index in [1.807, 2.05) is 0 Å². The second-order valence-electron chi connectivity index (χ2n) is 18.5. The molecule has 0 aliphatic heterocycles. The Morgan fingerprint density at radius 2 is 0.821 bits per heavy atom. The highest BCUT2D eigenvalue weighted by atomic mass is 16.3. The van der Waals surface area contributed by atoms with E-state index >= 15 is 0 Å². The summed E-state index contributed by atoms with van der Waals surface area (Å²) < 4.78 is 12.0. The van der Waals surface area contributed by atoms with Crippen LogP contribution in [0.3, 0.4) is 0 Å². The van der Waals surface area contributed by atoms with Gasteiger partial charge in [0.1, 0.15) is 0 Å². The molecule has 4 heteroatoms. The van der Waals surface area contributed by atoms with Crippen LogP contribution in [0, 0.1) is 0 Å². The fourth-order valence-corrected chi connectivity index (χ4v) is 11.4. The van der Waals surface area contributed by atoms with Gasteiger partial charge in [-0.1, -0.05) is 153 Å². The number of hydrogen-bond acceptors (Lipinski definition) is 2. The number of nitrogens with zero attached hydrogens (tertiary/aromatic N) is 3. The van der Waals surface area contributed by atoms with Crippen molar-refractivity contribution in [2.45, 2.75) is 19.3 Å². The number of benzene rings is 10. The minimum Gasteiger partial charge on any atom is -0.452 e. The van der Waals surface area contributed by atoms with Crippen molar-refractivity contribution in [1.29, 1.82) is 0 Å². The zero-order valence-electron chi connectivity index (χ0n) is 37.1. The van der Waals surface area contributed by atoms with Crippen molar-refractivity contribution in [3.05, 3.63) is 236 Å². The third-order valence-corrected chi connectivity index (χ3v) is 14.5. The number of para-hydroxylation sites is 4. The molecule has 0 unspecified atom stereocenters. The van der Waals surface area contributed by atoms with Crippen molar-refractivity contribution < 1.29 is 4.42 Å². The van der Waals surface area contributed by atoms with E-state index in [1.165, 1.54) is 43.8 Å². The number of hydrogen-bond donors (Lipinski definition) is 0. The maximum atomic E-state index is 7.25. The first-order valence-electron chi connectivity index (χ1n) is 23.2. The van der Waals surface area contributed by atoms with Gasteiger partial charge in [-0.3, -0.25) is 0 Å². The lowest BCUT2D eigenvalue weighted by molar-refractivity contribution is 0.660. The fraction of sp³-hybridized carbons (Fsp3) is 0.0476. The van der Waals surface area contributed by atoms with Crippen LogP contribution in [0.4, 0.5) is 17.1 Å². The van der Waals surface area contributed by atoms with E-state index in [0.29, 0.717) is 0 Å². The molecule has 0 bridgehead atoms. The lowest BCUT2D eigenvalue weighted by Crippen LogP contribution is -2.16. The number of anilines is 3. The SMILES string of the molecule is CC1(C)c2ccccc2-c2ccc(N(c3ccccc3)c3ccc(-c4ccc(-n5c6ccccc6c6ccc7c8ccc9c%10ccccc%10n(-c%10ccccc%10)c9c8oc7c65)cc4)cc3)cc21. The summed E-state index contributed by atoms with van der Waals surface area (Å²) in [6, 6.07) is 81.6. The quantitative estimate of drug-likeness (QED) is 0.167. The van der Waals surface area contributed by atoms with Gasteiger partial charge in [0.2, 0.25) is 0 Å². The zero-order valence-corrected chi connectivity index (χ0v) is 37.1. The van der Waals surface area contributed by atoms with Crippen molar-refractivity contribution in [3.63, 3.8) is 0 Å². The van der Waals surface area contributed by atoms with Crippen LogP contribution in [-0.4, -0.2) is 9.13 Å². The number of furan rings is 1. The molecule has 0 saturated carbocycles. The average molecular weight is 858 g/mol. The van der Waals surface area contributed by atoms with Gasteiger partial charge in [-0.2, -0.15) is 0 Å². The van der Waals surface area contributed by atoms with Crippen LogP contribution >= 0.6 is 0 Å². The van der Waals surface area contributed by atoms with E-state index in [2.05, 4.69) is 252 Å². The molecule has 1 aliphatic carbocycles. The molecular weight excluding hydrogens is 815 g/mol. The summed E-state index contributed by atoms with van der Waals surface area (Å²) in [5, 5.41) is 6.96. The molecule has 0 fully saturated rings. The summed E-state index contributed by atoms with van der Waals surface area (Å²) in [6.45, 7) is 4.69. The van der Waals surface area contributed by atoms with E-state index in [-0.39, 0.29) is 5.41 Å². The van der Waals surface area contributed by atoms with Gasteiger partial charge < -0.3 is 18.5 Å². The number of aromatic nitrogens is 2. The Hall–Kier alpha value is -8.60. The number of fused-ring (bicyclic) bond motifs is 14. The molecule has 0 spiro atoms. The highest BCUT2D eigenvalue weighted by Gasteiger charge is 2.36. The maximum absolute atomic E-state index is 7.25. The highest BCUT2D eigenvalue weighted by molar-refractivity contribution is 6.26. The molecule has 316 valence electrons. The minimum absolute atomic E-state index is 0.0879. The molecule has 13 aromatic rings. The monoisotopic (exact) mass is 857 g/mol. The van der Waals surface area contributed by atoms with Gasteiger partial charge >= 0.3 is 0 Å². The first kappa shape index (κ1) is 37.7. The van der Waals surface area contributed by atoms with Crippen molar-refractivity contribution in [3.8, 4) is 33.6 Å². The Labute approximate surface area is 387 Å². The Morgan fingerprint density at radius 1 is 0.358 bits per heavy atom. The second kappa shape index (κ2) is 14.2. The summed E-state index contributed by atoms with van der Waals surface area (Å²) in [5.41, 5.74) is 19.5. The predicted molar refractivity (Wildman–Crippen MR) is 280 cm³/mol. The molecule has 14 rings (SSSR count). The van der Waals surface area contributed by atoms with Gasteiger partial charge in [-0.25, -0.2) is 0 Å². The molecule has 3 heterocycles. The first-order chi connectivity index (χ1) is 33.0. The zero-order chi connectivity index (χ0) is 44.4. The van der Waals surface area contributed by atoms with Gasteiger partial charge in [0.15, 0.2) is 11.2 Å². The summed E-state index contributed by atoms with van der Waals surface area (Å²) in [7, 11) is 0. The largest absolute Gasteiger partial charge is 0.452 e. The molecule has 0 saturated heterocycles. The summed E-state index contributed by atoms with van der Waals surface area (Å²) in [4.78, 5) is 2.37. The lowest BCUT2D eigenvalue weighted by Gasteiger charge is -2.28. The van der Waals surface area contributed by atoms with Gasteiger partial charge in [0.25, 0.3) is 0 Å². The Bertz CT molecular complexity index is 4100. The van der Waals surface area contributed by atoms with Crippen LogP contribution in [0.25, 0.3) is 99.2 Å². The van der Waals surface area contributed by atoms with Crippen molar-refractivity contribution in [2.24, 2.45) is 0 Å². The van der Waals surface area contributed by atoms with E-state index in [9.17, 15) is 0 Å². The summed E-state index contributed by atoms with van der Waals surface area (Å²) >= 11 is 0. The second-order valence-corrected chi connectivity index (χ2v) is 18.5. The molecule has 4 nitrogen and oxygen atoms in total. The Morgan fingerprint density at radius 3 is 1.45 bits per heavy atom. The van der Waals surface area contributed by atoms with E-state index in [1.54, 1.807) is 0 Å². The van der Waals surface area contributed by atoms with Crippen molar-refractivity contribution in [1.82, 2.24) is 9.13 Å². The van der Waals surface area contributed by atoms with E-state index in [4.69, 9.17) is 4.42 Å². The average Bonchev–Trinajstić information content (AvgIpc) is 4.10.